The van der Waals surface area contributed by atoms with Crippen molar-refractivity contribution in [3.05, 3.63) is 112 Å². The van der Waals surface area contributed by atoms with Gasteiger partial charge in [-0.15, -0.1) is 0 Å². The van der Waals surface area contributed by atoms with Crippen molar-refractivity contribution < 1.29 is 4.79 Å². The molecule has 6 rings (SSSR count). The predicted molar refractivity (Wildman–Crippen MR) is 161 cm³/mol. The minimum Gasteiger partial charge on any atom is -0.345 e. The average molecular weight is 535 g/mol. The summed E-state index contributed by atoms with van der Waals surface area (Å²) < 4.78 is 1.78. The van der Waals surface area contributed by atoms with Gasteiger partial charge in [-0.1, -0.05) is 86.5 Å². The Kier molecular flexibility index (Phi) is 7.55. The molecule has 0 unspecified atom stereocenters. The molecule has 2 aliphatic rings. The van der Waals surface area contributed by atoms with Crippen LogP contribution in [0, 0.1) is 0 Å². The quantitative estimate of drug-likeness (QED) is 0.324. The predicted octanol–water partition coefficient (Wildman–Crippen LogP) is 5.59. The van der Waals surface area contributed by atoms with Crippen molar-refractivity contribution in [2.24, 2.45) is 0 Å². The molecule has 2 N–H and O–H groups in total. The molecule has 40 heavy (non-hydrogen) atoms. The highest BCUT2D eigenvalue weighted by Gasteiger charge is 2.38. The van der Waals surface area contributed by atoms with Crippen molar-refractivity contribution in [3.63, 3.8) is 0 Å². The summed E-state index contributed by atoms with van der Waals surface area (Å²) in [5.41, 5.74) is 3.25. The van der Waals surface area contributed by atoms with E-state index >= 15 is 0 Å². The van der Waals surface area contributed by atoms with E-state index in [9.17, 15) is 9.59 Å². The highest BCUT2D eigenvalue weighted by Crippen LogP contribution is 2.33. The fourth-order valence-electron chi connectivity index (χ4n) is 6.76. The molecule has 1 saturated carbocycles. The number of nitrogens with zero attached hydrogens (tertiary/aromatic N) is 2. The Morgan fingerprint density at radius 3 is 2.27 bits per heavy atom. The van der Waals surface area contributed by atoms with Gasteiger partial charge in [-0.3, -0.25) is 19.1 Å². The molecule has 0 bridgehead atoms. The number of aromatic nitrogens is 1. The lowest BCUT2D eigenvalue weighted by molar-refractivity contribution is 0.0931. The maximum atomic E-state index is 14.4. The molecule has 3 aromatic carbocycles. The Bertz CT molecular complexity index is 1540. The number of nitrogens with one attached hydrogen (secondary N) is 2. The Balaban J connectivity index is 1.50. The van der Waals surface area contributed by atoms with Crippen LogP contribution in [0.25, 0.3) is 16.5 Å². The number of rotatable bonds is 7. The fourth-order valence-corrected chi connectivity index (χ4v) is 6.76. The van der Waals surface area contributed by atoms with Gasteiger partial charge >= 0.3 is 0 Å². The first-order chi connectivity index (χ1) is 19.6. The van der Waals surface area contributed by atoms with E-state index in [0.29, 0.717) is 22.9 Å². The van der Waals surface area contributed by atoms with E-state index in [1.54, 1.807) is 4.57 Å². The monoisotopic (exact) mass is 534 g/mol. The molecule has 206 valence electrons. The molecule has 1 aliphatic carbocycles. The van der Waals surface area contributed by atoms with Crippen LogP contribution < -0.4 is 16.2 Å². The number of amides is 1. The van der Waals surface area contributed by atoms with E-state index in [4.69, 9.17) is 0 Å². The number of fused-ring (bicyclic) bond motifs is 1. The Hall–Kier alpha value is -3.74. The van der Waals surface area contributed by atoms with Crippen molar-refractivity contribution in [1.29, 1.82) is 0 Å². The lowest BCUT2D eigenvalue weighted by Crippen LogP contribution is -2.58. The molecule has 6 nitrogen and oxygen atoms in total. The minimum absolute atomic E-state index is 0.0887. The Morgan fingerprint density at radius 1 is 0.925 bits per heavy atom. The van der Waals surface area contributed by atoms with Gasteiger partial charge in [0.2, 0.25) is 0 Å². The smallest absolute Gasteiger partial charge is 0.263 e. The largest absolute Gasteiger partial charge is 0.345 e. The molecule has 4 aromatic rings. The van der Waals surface area contributed by atoms with Crippen molar-refractivity contribution in [1.82, 2.24) is 20.1 Å². The van der Waals surface area contributed by atoms with Gasteiger partial charge in [0, 0.05) is 48.2 Å². The van der Waals surface area contributed by atoms with Crippen LogP contribution in [0.5, 0.6) is 0 Å². The van der Waals surface area contributed by atoms with Gasteiger partial charge in [0.15, 0.2) is 0 Å². The second-order valence-corrected chi connectivity index (χ2v) is 11.3. The molecule has 2 heterocycles. The molecule has 1 aromatic heterocycles. The fraction of sp³-hybridized carbons (Fsp3) is 0.353. The van der Waals surface area contributed by atoms with E-state index in [-0.39, 0.29) is 23.0 Å². The first-order valence-corrected chi connectivity index (χ1v) is 14.6. The molecule has 1 saturated heterocycles. The van der Waals surface area contributed by atoms with Crippen LogP contribution in [0.15, 0.2) is 89.7 Å². The zero-order valence-electron chi connectivity index (χ0n) is 23.2. The Labute approximate surface area is 236 Å². The summed E-state index contributed by atoms with van der Waals surface area (Å²) in [5.74, 6) is -0.141. The van der Waals surface area contributed by atoms with Gasteiger partial charge in [-0.25, -0.2) is 0 Å². The molecule has 1 atom stereocenters. The maximum absolute atomic E-state index is 14.4. The van der Waals surface area contributed by atoms with Crippen LogP contribution >= 0.6 is 0 Å². The average Bonchev–Trinajstić information content (AvgIpc) is 3.44. The third kappa shape index (κ3) is 5.09. The summed E-state index contributed by atoms with van der Waals surface area (Å²) >= 11 is 0. The standard InChI is InChI=1S/C34H38N4O2/c1-2-29(25-13-5-3-6-14-25)36-32(39)31-27-17-9-10-18-28(27)33(40)38(26-15-7-4-8-16-26)30(31)23-37-22-21-35-34(24-37)19-11-12-20-34/h3-10,13-18,29,35H,2,11-12,19-24H2,1H3,(H,36,39)/t29-/m0/s1. The number of benzene rings is 3. The van der Waals surface area contributed by atoms with Gasteiger partial charge < -0.3 is 10.6 Å². The number of carbonyl (C=O) groups is 1. The van der Waals surface area contributed by atoms with E-state index < -0.39 is 0 Å². The SMILES string of the molecule is CC[C@H](NC(=O)c1c(CN2CCNC3(CCCC3)C2)n(-c2ccccc2)c(=O)c2ccccc12)c1ccccc1. The van der Waals surface area contributed by atoms with Crippen molar-refractivity contribution >= 4 is 16.7 Å². The van der Waals surface area contributed by atoms with Crippen LogP contribution in [-0.2, 0) is 6.54 Å². The van der Waals surface area contributed by atoms with Gasteiger partial charge in [-0.2, -0.15) is 0 Å². The van der Waals surface area contributed by atoms with Crippen molar-refractivity contribution in [3.8, 4) is 5.69 Å². The lowest BCUT2D eigenvalue weighted by Gasteiger charge is -2.42. The third-order valence-electron chi connectivity index (χ3n) is 8.73. The Morgan fingerprint density at radius 2 is 1.57 bits per heavy atom. The van der Waals surface area contributed by atoms with Gasteiger partial charge in [0.1, 0.15) is 0 Å². The summed E-state index contributed by atoms with van der Waals surface area (Å²) in [5, 5.41) is 8.39. The molecule has 0 radical (unpaired) electrons. The number of hydrogen-bond acceptors (Lipinski definition) is 4. The van der Waals surface area contributed by atoms with E-state index in [0.717, 1.165) is 43.0 Å². The van der Waals surface area contributed by atoms with E-state index in [1.807, 2.05) is 72.8 Å². The normalized spacial score (nSPS) is 17.7. The molecule has 1 spiro atoms. The minimum atomic E-state index is -0.141. The second kappa shape index (κ2) is 11.4. The zero-order valence-corrected chi connectivity index (χ0v) is 23.2. The molecule has 2 fully saturated rings. The number of pyridine rings is 1. The van der Waals surface area contributed by atoms with Crippen LogP contribution in [0.3, 0.4) is 0 Å². The molecule has 1 amide bonds. The molecular formula is C34H38N4O2. The number of piperazine rings is 1. The summed E-state index contributed by atoms with van der Waals surface area (Å²) in [6.45, 7) is 5.33. The third-order valence-corrected chi connectivity index (χ3v) is 8.73. The molecule has 1 aliphatic heterocycles. The van der Waals surface area contributed by atoms with Crippen LogP contribution in [0.4, 0.5) is 0 Å². The highest BCUT2D eigenvalue weighted by atomic mass is 16.2. The maximum Gasteiger partial charge on any atom is 0.263 e. The van der Waals surface area contributed by atoms with E-state index in [1.165, 1.54) is 25.7 Å². The van der Waals surface area contributed by atoms with Gasteiger partial charge in [0.05, 0.1) is 17.3 Å². The van der Waals surface area contributed by atoms with Crippen LogP contribution in [0.2, 0.25) is 0 Å². The number of carbonyl (C=O) groups excluding carboxylic acids is 1. The second-order valence-electron chi connectivity index (χ2n) is 11.3. The lowest BCUT2D eigenvalue weighted by atomic mass is 9.94. The summed E-state index contributed by atoms with van der Waals surface area (Å²) in [4.78, 5) is 30.9. The topological polar surface area (TPSA) is 66.4 Å². The molecule has 6 heteroatoms. The summed E-state index contributed by atoms with van der Waals surface area (Å²) in [6.07, 6.45) is 5.61. The number of para-hydroxylation sites is 1. The van der Waals surface area contributed by atoms with E-state index in [2.05, 4.69) is 34.6 Å². The zero-order chi connectivity index (χ0) is 27.5. The molecular weight excluding hydrogens is 496 g/mol. The number of hydrogen-bond donors (Lipinski definition) is 2. The first kappa shape index (κ1) is 26.5. The van der Waals surface area contributed by atoms with Gasteiger partial charge in [-0.05, 0) is 43.0 Å². The van der Waals surface area contributed by atoms with Gasteiger partial charge in [0.25, 0.3) is 11.5 Å². The summed E-state index contributed by atoms with van der Waals surface area (Å²) in [7, 11) is 0. The highest BCUT2D eigenvalue weighted by molar-refractivity contribution is 6.08. The summed E-state index contributed by atoms with van der Waals surface area (Å²) in [6, 6.07) is 27.3. The van der Waals surface area contributed by atoms with Crippen molar-refractivity contribution in [2.75, 3.05) is 19.6 Å². The van der Waals surface area contributed by atoms with Crippen molar-refractivity contribution in [2.45, 2.75) is 57.2 Å². The first-order valence-electron chi connectivity index (χ1n) is 14.6. The van der Waals surface area contributed by atoms with Crippen LogP contribution in [-0.4, -0.2) is 40.5 Å². The van der Waals surface area contributed by atoms with Crippen LogP contribution in [0.1, 0.15) is 66.7 Å².